The van der Waals surface area contributed by atoms with Gasteiger partial charge in [0.15, 0.2) is 0 Å². The first-order chi connectivity index (χ1) is 6.50. The quantitative estimate of drug-likeness (QED) is 0.671. The lowest BCUT2D eigenvalue weighted by Gasteiger charge is -2.31. The normalized spacial score (nSPS) is 19.1. The highest BCUT2D eigenvalue weighted by Gasteiger charge is 2.31. The molecule has 14 heavy (non-hydrogen) atoms. The number of nitrogen functional groups attached to an aromatic ring is 1. The van der Waals surface area contributed by atoms with E-state index in [0.717, 1.165) is 30.5 Å². The molecule has 2 rings (SSSR count). The van der Waals surface area contributed by atoms with E-state index in [-0.39, 0.29) is 11.4 Å². The summed E-state index contributed by atoms with van der Waals surface area (Å²) in [6.45, 7) is 4.35. The minimum atomic E-state index is 0.0777. The zero-order valence-electron chi connectivity index (χ0n) is 8.47. The molecule has 0 fully saturated rings. The molecule has 0 amide bonds. The first kappa shape index (κ1) is 9.71. The SMILES string of the molecule is CC1(C)CCCc2c(Cl)nc(N)nc21. The number of nitrogens with two attached hydrogens (primary N) is 1. The molecule has 1 aliphatic rings. The Kier molecular flexibility index (Phi) is 2.14. The van der Waals surface area contributed by atoms with Gasteiger partial charge in [0.25, 0.3) is 0 Å². The molecular formula is C10H14ClN3. The Hall–Kier alpha value is -0.830. The smallest absolute Gasteiger partial charge is 0.221 e. The van der Waals surface area contributed by atoms with Crippen LogP contribution in [0.3, 0.4) is 0 Å². The van der Waals surface area contributed by atoms with Gasteiger partial charge in [-0.3, -0.25) is 0 Å². The summed E-state index contributed by atoms with van der Waals surface area (Å²) in [5.41, 5.74) is 7.78. The number of aromatic nitrogens is 2. The summed E-state index contributed by atoms with van der Waals surface area (Å²) in [6, 6.07) is 0. The molecule has 2 N–H and O–H groups in total. The van der Waals surface area contributed by atoms with Crippen LogP contribution in [0, 0.1) is 0 Å². The average Bonchev–Trinajstić information content (AvgIpc) is 2.06. The maximum atomic E-state index is 6.04. The van der Waals surface area contributed by atoms with Gasteiger partial charge in [0.1, 0.15) is 5.15 Å². The predicted molar refractivity (Wildman–Crippen MR) is 57.4 cm³/mol. The molecule has 1 aromatic rings. The third-order valence-corrected chi connectivity index (χ3v) is 3.16. The maximum Gasteiger partial charge on any atom is 0.221 e. The van der Waals surface area contributed by atoms with Gasteiger partial charge in [-0.1, -0.05) is 25.4 Å². The molecule has 1 aliphatic carbocycles. The van der Waals surface area contributed by atoms with Crippen molar-refractivity contribution in [3.63, 3.8) is 0 Å². The zero-order valence-corrected chi connectivity index (χ0v) is 9.23. The summed E-state index contributed by atoms with van der Waals surface area (Å²) in [5, 5.41) is 0.528. The van der Waals surface area contributed by atoms with E-state index in [0.29, 0.717) is 5.15 Å². The first-order valence-corrected chi connectivity index (χ1v) is 5.21. The van der Waals surface area contributed by atoms with E-state index in [1.54, 1.807) is 0 Å². The van der Waals surface area contributed by atoms with Crippen LogP contribution in [-0.2, 0) is 11.8 Å². The average molecular weight is 212 g/mol. The summed E-state index contributed by atoms with van der Waals surface area (Å²) in [4.78, 5) is 8.29. The molecule has 0 spiro atoms. The largest absolute Gasteiger partial charge is 0.368 e. The Balaban J connectivity index is 2.63. The molecule has 4 heteroatoms. The Morgan fingerprint density at radius 3 is 2.79 bits per heavy atom. The van der Waals surface area contributed by atoms with Crippen molar-refractivity contribution >= 4 is 17.5 Å². The first-order valence-electron chi connectivity index (χ1n) is 4.83. The highest BCUT2D eigenvalue weighted by Crippen LogP contribution is 2.37. The molecule has 0 unspecified atom stereocenters. The van der Waals surface area contributed by atoms with Gasteiger partial charge >= 0.3 is 0 Å². The van der Waals surface area contributed by atoms with Gasteiger partial charge < -0.3 is 5.73 Å². The van der Waals surface area contributed by atoms with Crippen LogP contribution in [0.25, 0.3) is 0 Å². The second kappa shape index (κ2) is 3.09. The third-order valence-electron chi connectivity index (χ3n) is 2.84. The molecule has 1 aromatic heterocycles. The number of hydrogen-bond acceptors (Lipinski definition) is 3. The van der Waals surface area contributed by atoms with Crippen LogP contribution in [0.4, 0.5) is 5.95 Å². The molecule has 0 atom stereocenters. The highest BCUT2D eigenvalue weighted by molar-refractivity contribution is 6.30. The van der Waals surface area contributed by atoms with E-state index in [1.807, 2.05) is 0 Å². The number of hydrogen-bond donors (Lipinski definition) is 1. The molecule has 0 radical (unpaired) electrons. The predicted octanol–water partition coefficient (Wildman–Crippen LogP) is 2.33. The van der Waals surface area contributed by atoms with Crippen LogP contribution in [0.1, 0.15) is 37.9 Å². The van der Waals surface area contributed by atoms with Crippen LogP contribution in [-0.4, -0.2) is 9.97 Å². The second-order valence-electron chi connectivity index (χ2n) is 4.44. The Labute approximate surface area is 88.7 Å². The zero-order chi connectivity index (χ0) is 10.3. The minimum absolute atomic E-state index is 0.0777. The van der Waals surface area contributed by atoms with E-state index in [4.69, 9.17) is 17.3 Å². The summed E-state index contributed by atoms with van der Waals surface area (Å²) in [7, 11) is 0. The van der Waals surface area contributed by atoms with Crippen LogP contribution in [0.2, 0.25) is 5.15 Å². The van der Waals surface area contributed by atoms with Crippen molar-refractivity contribution in [2.24, 2.45) is 0 Å². The van der Waals surface area contributed by atoms with Gasteiger partial charge in [-0.15, -0.1) is 0 Å². The standard InChI is InChI=1S/C10H14ClN3/c1-10(2)5-3-4-6-7(10)13-9(12)14-8(6)11/h3-5H2,1-2H3,(H2,12,13,14). The molecule has 0 bridgehead atoms. The van der Waals surface area contributed by atoms with E-state index in [2.05, 4.69) is 23.8 Å². The summed E-state index contributed by atoms with van der Waals surface area (Å²) < 4.78 is 0. The number of rotatable bonds is 0. The van der Waals surface area contributed by atoms with E-state index >= 15 is 0 Å². The summed E-state index contributed by atoms with van der Waals surface area (Å²) in [5.74, 6) is 0.281. The fourth-order valence-corrected chi connectivity index (χ4v) is 2.35. The molecule has 0 saturated heterocycles. The van der Waals surface area contributed by atoms with Crippen molar-refractivity contribution in [3.05, 3.63) is 16.4 Å². The van der Waals surface area contributed by atoms with Crippen molar-refractivity contribution in [3.8, 4) is 0 Å². The van der Waals surface area contributed by atoms with Crippen molar-refractivity contribution in [2.75, 3.05) is 5.73 Å². The summed E-state index contributed by atoms with van der Waals surface area (Å²) in [6.07, 6.45) is 3.25. The maximum absolute atomic E-state index is 6.04. The lowest BCUT2D eigenvalue weighted by Crippen LogP contribution is -2.26. The van der Waals surface area contributed by atoms with Crippen molar-refractivity contribution < 1.29 is 0 Å². The number of anilines is 1. The molecule has 0 aromatic carbocycles. The van der Waals surface area contributed by atoms with Crippen molar-refractivity contribution in [1.29, 1.82) is 0 Å². The van der Waals surface area contributed by atoms with Crippen molar-refractivity contribution in [2.45, 2.75) is 38.5 Å². The fourth-order valence-electron chi connectivity index (χ4n) is 2.08. The van der Waals surface area contributed by atoms with Crippen LogP contribution in [0.15, 0.2) is 0 Å². The molecule has 76 valence electrons. The van der Waals surface area contributed by atoms with E-state index in [1.165, 1.54) is 0 Å². The Morgan fingerprint density at radius 2 is 2.07 bits per heavy atom. The second-order valence-corrected chi connectivity index (χ2v) is 4.80. The van der Waals surface area contributed by atoms with Gasteiger partial charge in [0.2, 0.25) is 5.95 Å². The molecule has 0 saturated carbocycles. The van der Waals surface area contributed by atoms with E-state index in [9.17, 15) is 0 Å². The van der Waals surface area contributed by atoms with Gasteiger partial charge in [-0.2, -0.15) is 0 Å². The molecule has 3 nitrogen and oxygen atoms in total. The molecule has 0 aliphatic heterocycles. The van der Waals surface area contributed by atoms with Gasteiger partial charge in [-0.25, -0.2) is 9.97 Å². The number of nitrogens with zero attached hydrogens (tertiary/aromatic N) is 2. The van der Waals surface area contributed by atoms with E-state index < -0.39 is 0 Å². The van der Waals surface area contributed by atoms with Gasteiger partial charge in [0.05, 0.1) is 5.69 Å². The van der Waals surface area contributed by atoms with Crippen LogP contribution >= 0.6 is 11.6 Å². The monoisotopic (exact) mass is 211 g/mol. The topological polar surface area (TPSA) is 51.8 Å². The van der Waals surface area contributed by atoms with Crippen LogP contribution < -0.4 is 5.73 Å². The lowest BCUT2D eigenvalue weighted by molar-refractivity contribution is 0.417. The Morgan fingerprint density at radius 1 is 1.36 bits per heavy atom. The Bertz CT molecular complexity index is 374. The molecular weight excluding hydrogens is 198 g/mol. The number of halogens is 1. The molecule has 1 heterocycles. The minimum Gasteiger partial charge on any atom is -0.368 e. The lowest BCUT2D eigenvalue weighted by atomic mass is 9.76. The summed E-state index contributed by atoms with van der Waals surface area (Å²) >= 11 is 6.04. The van der Waals surface area contributed by atoms with Crippen LogP contribution in [0.5, 0.6) is 0 Å². The van der Waals surface area contributed by atoms with Gasteiger partial charge in [-0.05, 0) is 19.3 Å². The third kappa shape index (κ3) is 1.46. The number of fused-ring (bicyclic) bond motifs is 1. The van der Waals surface area contributed by atoms with Gasteiger partial charge in [0, 0.05) is 11.0 Å². The fraction of sp³-hybridized carbons (Fsp3) is 0.600. The van der Waals surface area contributed by atoms with Crippen molar-refractivity contribution in [1.82, 2.24) is 9.97 Å². The highest BCUT2D eigenvalue weighted by atomic mass is 35.5.